The molecule has 0 saturated carbocycles. The van der Waals surface area contributed by atoms with E-state index in [0.29, 0.717) is 5.17 Å². The van der Waals surface area contributed by atoms with E-state index in [1.165, 1.54) is 18.2 Å². The molecule has 3 atom stereocenters. The van der Waals surface area contributed by atoms with Crippen molar-refractivity contribution < 1.29 is 22.7 Å². The molecule has 3 aliphatic rings. The first-order valence-electron chi connectivity index (χ1n) is 10.9. The van der Waals surface area contributed by atoms with Crippen molar-refractivity contribution in [2.75, 3.05) is 18.2 Å². The third-order valence-electron chi connectivity index (χ3n) is 6.06. The molecule has 2 aromatic carbocycles. The predicted molar refractivity (Wildman–Crippen MR) is 127 cm³/mol. The second kappa shape index (κ2) is 9.34. The number of rotatable bonds is 5. The van der Waals surface area contributed by atoms with Crippen LogP contribution in [0.5, 0.6) is 5.75 Å². The number of nitrogens with zero attached hydrogens (tertiary/aromatic N) is 3. The first-order valence-corrected chi connectivity index (χ1v) is 11.9. The Labute approximate surface area is 204 Å². The number of amidine groups is 1. The Hall–Kier alpha value is -3.38. The quantitative estimate of drug-likeness (QED) is 0.573. The minimum Gasteiger partial charge on any atom is -0.497 e. The van der Waals surface area contributed by atoms with E-state index in [0.717, 1.165) is 35.6 Å². The zero-order valence-corrected chi connectivity index (χ0v) is 19.4. The molecular weight excluding hydrogens is 481 g/mol. The van der Waals surface area contributed by atoms with Gasteiger partial charge in [0.15, 0.2) is 5.17 Å². The second-order valence-electron chi connectivity index (χ2n) is 8.22. The van der Waals surface area contributed by atoms with Crippen LogP contribution in [0, 0.1) is 0 Å². The van der Waals surface area contributed by atoms with Crippen molar-refractivity contribution in [1.82, 2.24) is 20.8 Å². The van der Waals surface area contributed by atoms with Crippen LogP contribution >= 0.6 is 11.8 Å². The molecule has 3 heterocycles. The fraction of sp³-hybridized carbons (Fsp3) is 0.304. The van der Waals surface area contributed by atoms with Crippen LogP contribution in [0.4, 0.5) is 18.9 Å². The maximum atomic E-state index is 13.2. The third kappa shape index (κ3) is 4.76. The Balaban J connectivity index is 1.18. The zero-order valence-electron chi connectivity index (χ0n) is 18.6. The van der Waals surface area contributed by atoms with Crippen molar-refractivity contribution in [3.63, 3.8) is 0 Å². The van der Waals surface area contributed by atoms with Gasteiger partial charge in [-0.25, -0.2) is 5.43 Å². The standard InChI is InChI=1S/C23H23F3N6O2S/c1-34-15-8-6-14(7-9-15)18-12-19-21-28-29-22(31(21)10-11-32(19)30-18)35-13-20(33)27-17-5-3-2-4-16(17)23(24,25)26/h2-11,18-19,21,28,30H,12-13H2,1H3,(H,27,33). The van der Waals surface area contributed by atoms with Gasteiger partial charge in [-0.2, -0.15) is 18.3 Å². The van der Waals surface area contributed by atoms with Crippen molar-refractivity contribution in [3.8, 4) is 5.75 Å². The van der Waals surface area contributed by atoms with Crippen LogP contribution in [0.1, 0.15) is 23.6 Å². The Bertz CT molecular complexity index is 1160. The molecule has 1 amide bonds. The van der Waals surface area contributed by atoms with Crippen LogP contribution in [0.25, 0.3) is 0 Å². The molecule has 184 valence electrons. The van der Waals surface area contributed by atoms with Crippen LogP contribution in [0.2, 0.25) is 0 Å². The number of hydrazine groups is 1. The Morgan fingerprint density at radius 1 is 1.20 bits per heavy atom. The van der Waals surface area contributed by atoms with E-state index in [2.05, 4.69) is 21.3 Å². The summed E-state index contributed by atoms with van der Waals surface area (Å²) in [5, 5.41) is 9.36. The number of ether oxygens (including phenoxy) is 1. The molecule has 3 unspecified atom stereocenters. The van der Waals surface area contributed by atoms with Gasteiger partial charge >= 0.3 is 6.18 Å². The number of carbonyl (C=O) groups is 1. The maximum absolute atomic E-state index is 13.2. The lowest BCUT2D eigenvalue weighted by Crippen LogP contribution is -2.54. The van der Waals surface area contributed by atoms with Crippen LogP contribution < -0.4 is 20.9 Å². The maximum Gasteiger partial charge on any atom is 0.418 e. The molecule has 2 aromatic rings. The number of hydrogen-bond donors (Lipinski definition) is 3. The molecule has 1 fully saturated rings. The molecule has 0 aromatic heterocycles. The van der Waals surface area contributed by atoms with Gasteiger partial charge < -0.3 is 20.0 Å². The van der Waals surface area contributed by atoms with Gasteiger partial charge in [-0.05, 0) is 36.2 Å². The Morgan fingerprint density at radius 3 is 2.71 bits per heavy atom. The number of nitrogens with one attached hydrogen (secondary N) is 3. The minimum atomic E-state index is -4.55. The topological polar surface area (TPSA) is 81.2 Å². The summed E-state index contributed by atoms with van der Waals surface area (Å²) in [5.41, 5.74) is 6.63. The van der Waals surface area contributed by atoms with Crippen LogP contribution in [-0.4, -0.2) is 46.1 Å². The molecule has 0 bridgehead atoms. The van der Waals surface area contributed by atoms with Crippen molar-refractivity contribution in [2.24, 2.45) is 5.10 Å². The predicted octanol–water partition coefficient (Wildman–Crippen LogP) is 3.69. The van der Waals surface area contributed by atoms with Gasteiger partial charge in [-0.1, -0.05) is 36.0 Å². The monoisotopic (exact) mass is 504 g/mol. The summed E-state index contributed by atoms with van der Waals surface area (Å²) in [6, 6.07) is 13.1. The van der Waals surface area contributed by atoms with Crippen LogP contribution in [0.15, 0.2) is 66.0 Å². The number of carbonyl (C=O) groups excluding carboxylic acids is 1. The summed E-state index contributed by atoms with van der Waals surface area (Å²) in [6.45, 7) is 0. The molecule has 0 radical (unpaired) electrons. The number of hydrazone groups is 1. The number of anilines is 1. The summed E-state index contributed by atoms with van der Waals surface area (Å²) in [6.07, 6.45) is -0.0619. The zero-order chi connectivity index (χ0) is 24.6. The van der Waals surface area contributed by atoms with E-state index >= 15 is 0 Å². The van der Waals surface area contributed by atoms with Gasteiger partial charge in [-0.15, -0.1) is 0 Å². The van der Waals surface area contributed by atoms with E-state index in [-0.39, 0.29) is 29.7 Å². The van der Waals surface area contributed by atoms with Gasteiger partial charge in [0.1, 0.15) is 11.9 Å². The normalized spacial score (nSPS) is 22.9. The van der Waals surface area contributed by atoms with Crippen molar-refractivity contribution in [2.45, 2.75) is 30.8 Å². The number of thioether (sulfide) groups is 1. The third-order valence-corrected chi connectivity index (χ3v) is 7.03. The molecule has 8 nitrogen and oxygen atoms in total. The van der Waals surface area contributed by atoms with Gasteiger partial charge in [-0.3, -0.25) is 10.2 Å². The molecule has 0 spiro atoms. The smallest absolute Gasteiger partial charge is 0.418 e. The molecule has 3 N–H and O–H groups in total. The van der Waals surface area contributed by atoms with E-state index in [1.54, 1.807) is 7.11 Å². The van der Waals surface area contributed by atoms with E-state index in [9.17, 15) is 18.0 Å². The fourth-order valence-corrected chi connectivity index (χ4v) is 5.13. The Morgan fingerprint density at radius 2 is 1.97 bits per heavy atom. The molecule has 35 heavy (non-hydrogen) atoms. The highest BCUT2D eigenvalue weighted by molar-refractivity contribution is 8.14. The fourth-order valence-electron chi connectivity index (χ4n) is 4.36. The van der Waals surface area contributed by atoms with E-state index in [1.807, 2.05) is 46.6 Å². The van der Waals surface area contributed by atoms with Gasteiger partial charge in [0.25, 0.3) is 0 Å². The van der Waals surface area contributed by atoms with Gasteiger partial charge in [0.2, 0.25) is 5.91 Å². The SMILES string of the molecule is COc1ccc(C2CC3C4NN=C(SCC(=O)Nc5ccccc5C(F)(F)F)N4C=CN3N2)cc1. The highest BCUT2D eigenvalue weighted by atomic mass is 32.2. The minimum absolute atomic E-state index is 0.0785. The van der Waals surface area contributed by atoms with Crippen molar-refractivity contribution >= 4 is 28.5 Å². The van der Waals surface area contributed by atoms with Crippen molar-refractivity contribution in [3.05, 3.63) is 72.1 Å². The van der Waals surface area contributed by atoms with Crippen LogP contribution in [-0.2, 0) is 11.0 Å². The van der Waals surface area contributed by atoms with E-state index in [4.69, 9.17) is 4.74 Å². The summed E-state index contributed by atoms with van der Waals surface area (Å²) < 4.78 is 44.8. The Kier molecular flexibility index (Phi) is 6.24. The van der Waals surface area contributed by atoms with Crippen molar-refractivity contribution in [1.29, 1.82) is 0 Å². The van der Waals surface area contributed by atoms with E-state index < -0.39 is 17.6 Å². The summed E-state index contributed by atoms with van der Waals surface area (Å²) in [5.74, 6) is 0.182. The average molecular weight is 505 g/mol. The second-order valence-corrected chi connectivity index (χ2v) is 9.16. The number of benzene rings is 2. The number of alkyl halides is 3. The highest BCUT2D eigenvalue weighted by Gasteiger charge is 2.44. The first kappa shape index (κ1) is 23.4. The largest absolute Gasteiger partial charge is 0.497 e. The molecular formula is C23H23F3N6O2S. The van der Waals surface area contributed by atoms with Gasteiger partial charge in [0, 0.05) is 12.4 Å². The lowest BCUT2D eigenvalue weighted by molar-refractivity contribution is -0.137. The number of methoxy groups -OCH3 is 1. The molecule has 3 aliphatic heterocycles. The number of para-hydroxylation sites is 1. The molecule has 1 saturated heterocycles. The number of halogens is 3. The first-order chi connectivity index (χ1) is 16.8. The lowest BCUT2D eigenvalue weighted by Gasteiger charge is -2.36. The number of fused-ring (bicyclic) bond motifs is 3. The molecule has 12 heteroatoms. The average Bonchev–Trinajstić information content (AvgIpc) is 3.46. The molecule has 5 rings (SSSR count). The lowest BCUT2D eigenvalue weighted by atomic mass is 10.00. The number of hydrogen-bond acceptors (Lipinski definition) is 8. The summed E-state index contributed by atoms with van der Waals surface area (Å²) >= 11 is 1.16. The number of amides is 1. The van der Waals surface area contributed by atoms with Crippen LogP contribution in [0.3, 0.4) is 0 Å². The summed E-state index contributed by atoms with van der Waals surface area (Å²) in [4.78, 5) is 14.3. The summed E-state index contributed by atoms with van der Waals surface area (Å²) in [7, 11) is 1.63. The van der Waals surface area contributed by atoms with Gasteiger partial charge in [0.05, 0.1) is 36.2 Å². The molecule has 0 aliphatic carbocycles. The highest BCUT2D eigenvalue weighted by Crippen LogP contribution is 2.36.